The summed E-state index contributed by atoms with van der Waals surface area (Å²) in [6, 6.07) is 7.41. The van der Waals surface area contributed by atoms with Gasteiger partial charge >= 0.3 is 6.03 Å². The van der Waals surface area contributed by atoms with E-state index in [1.807, 2.05) is 45.0 Å². The third kappa shape index (κ3) is 2.78. The van der Waals surface area contributed by atoms with E-state index in [1.54, 1.807) is 4.90 Å². The molecule has 2 rings (SSSR count). The van der Waals surface area contributed by atoms with Crippen LogP contribution in [0.15, 0.2) is 24.3 Å². The molecule has 0 saturated carbocycles. The molecular formula is C15H20N2O2. The van der Waals surface area contributed by atoms with Crippen molar-refractivity contribution in [2.24, 2.45) is 0 Å². The zero-order valence-corrected chi connectivity index (χ0v) is 11.7. The molecular weight excluding hydrogens is 240 g/mol. The number of anilines is 1. The second kappa shape index (κ2) is 5.43. The lowest BCUT2D eigenvalue weighted by atomic mass is 10.2. The Bertz CT molecular complexity index is 497. The Morgan fingerprint density at radius 2 is 1.95 bits per heavy atom. The van der Waals surface area contributed by atoms with Crippen molar-refractivity contribution in [3.63, 3.8) is 0 Å². The highest BCUT2D eigenvalue weighted by Crippen LogP contribution is 2.22. The Balaban J connectivity index is 2.39. The van der Waals surface area contributed by atoms with Crippen molar-refractivity contribution in [1.29, 1.82) is 0 Å². The van der Waals surface area contributed by atoms with Crippen LogP contribution in [0.1, 0.15) is 32.3 Å². The summed E-state index contributed by atoms with van der Waals surface area (Å²) in [7, 11) is 0. The topological polar surface area (TPSA) is 40.6 Å². The molecule has 0 radical (unpaired) electrons. The molecule has 19 heavy (non-hydrogen) atoms. The number of benzene rings is 1. The first-order valence-electron chi connectivity index (χ1n) is 6.71. The van der Waals surface area contributed by atoms with Crippen LogP contribution in [0.25, 0.3) is 0 Å². The van der Waals surface area contributed by atoms with E-state index in [2.05, 4.69) is 0 Å². The maximum Gasteiger partial charge on any atom is 0.331 e. The molecule has 0 spiro atoms. The summed E-state index contributed by atoms with van der Waals surface area (Å²) in [5.74, 6) is -0.112. The summed E-state index contributed by atoms with van der Waals surface area (Å²) in [5, 5.41) is 0. The molecule has 0 aliphatic carbocycles. The molecule has 4 heteroatoms. The quantitative estimate of drug-likeness (QED) is 0.820. The lowest BCUT2D eigenvalue weighted by Crippen LogP contribution is -2.47. The number of hydrogen-bond donors (Lipinski definition) is 0. The van der Waals surface area contributed by atoms with E-state index < -0.39 is 0 Å². The zero-order chi connectivity index (χ0) is 14.0. The lowest BCUT2D eigenvalue weighted by molar-refractivity contribution is -0.117. The molecule has 0 aromatic heterocycles. The molecule has 3 amide bonds. The number of aryl methyl sites for hydroxylation is 1. The van der Waals surface area contributed by atoms with Crippen LogP contribution < -0.4 is 4.90 Å². The Hall–Kier alpha value is -1.84. The van der Waals surface area contributed by atoms with Gasteiger partial charge in [-0.2, -0.15) is 0 Å². The third-order valence-electron chi connectivity index (χ3n) is 3.36. The fraction of sp³-hybridized carbons (Fsp3) is 0.467. The molecule has 1 aliphatic rings. The Morgan fingerprint density at radius 3 is 2.58 bits per heavy atom. The molecule has 1 heterocycles. The van der Waals surface area contributed by atoms with Gasteiger partial charge in [-0.15, -0.1) is 0 Å². The molecule has 0 unspecified atom stereocenters. The normalized spacial score (nSPS) is 17.1. The predicted octanol–water partition coefficient (Wildman–Crippen LogP) is 2.95. The van der Waals surface area contributed by atoms with Crippen molar-refractivity contribution >= 4 is 17.6 Å². The van der Waals surface area contributed by atoms with Crippen LogP contribution in [-0.4, -0.2) is 29.4 Å². The summed E-state index contributed by atoms with van der Waals surface area (Å²) in [6.07, 6.45) is 1.15. The highest BCUT2D eigenvalue weighted by molar-refractivity contribution is 6.14. The first-order chi connectivity index (χ1) is 9.00. The van der Waals surface area contributed by atoms with E-state index in [0.29, 0.717) is 18.7 Å². The van der Waals surface area contributed by atoms with E-state index in [1.165, 1.54) is 4.90 Å². The van der Waals surface area contributed by atoms with Gasteiger partial charge in [-0.05, 0) is 44.9 Å². The smallest absolute Gasteiger partial charge is 0.322 e. The fourth-order valence-electron chi connectivity index (χ4n) is 2.34. The van der Waals surface area contributed by atoms with E-state index in [0.717, 1.165) is 12.0 Å². The summed E-state index contributed by atoms with van der Waals surface area (Å²) >= 11 is 0. The minimum Gasteiger partial charge on any atom is -0.322 e. The molecule has 1 aromatic rings. The Labute approximate surface area is 114 Å². The van der Waals surface area contributed by atoms with Gasteiger partial charge in [-0.3, -0.25) is 4.79 Å². The van der Waals surface area contributed by atoms with Crippen LogP contribution >= 0.6 is 0 Å². The van der Waals surface area contributed by atoms with Crippen molar-refractivity contribution in [2.75, 3.05) is 11.4 Å². The minimum absolute atomic E-state index is 0.103. The van der Waals surface area contributed by atoms with Crippen molar-refractivity contribution in [1.82, 2.24) is 4.90 Å². The lowest BCUT2D eigenvalue weighted by Gasteiger charge is -2.29. The van der Waals surface area contributed by atoms with Crippen molar-refractivity contribution in [3.05, 3.63) is 29.8 Å². The van der Waals surface area contributed by atoms with Crippen LogP contribution in [0.2, 0.25) is 0 Å². The van der Waals surface area contributed by atoms with E-state index in [-0.39, 0.29) is 18.0 Å². The summed E-state index contributed by atoms with van der Waals surface area (Å²) < 4.78 is 0. The predicted molar refractivity (Wildman–Crippen MR) is 75.1 cm³/mol. The zero-order valence-electron chi connectivity index (χ0n) is 11.7. The average Bonchev–Trinajstić information content (AvgIpc) is 2.48. The van der Waals surface area contributed by atoms with Crippen LogP contribution in [0.5, 0.6) is 0 Å². The Morgan fingerprint density at radius 1 is 1.21 bits per heavy atom. The summed E-state index contributed by atoms with van der Waals surface area (Å²) in [4.78, 5) is 27.8. The van der Waals surface area contributed by atoms with Crippen LogP contribution in [-0.2, 0) is 4.79 Å². The highest BCUT2D eigenvalue weighted by Gasteiger charge is 2.32. The largest absolute Gasteiger partial charge is 0.331 e. The standard InChI is InChI=1S/C15H20N2O2/c1-11(2)16-9-5-8-14(18)17(15(16)19)13-7-4-6-12(3)10-13/h4,6-7,10-11H,5,8-9H2,1-3H3. The number of urea groups is 1. The van der Waals surface area contributed by atoms with Gasteiger partial charge < -0.3 is 4.90 Å². The van der Waals surface area contributed by atoms with Crippen molar-refractivity contribution in [3.8, 4) is 0 Å². The number of hydrogen-bond acceptors (Lipinski definition) is 2. The van der Waals surface area contributed by atoms with Gasteiger partial charge in [0.1, 0.15) is 0 Å². The van der Waals surface area contributed by atoms with Crippen LogP contribution in [0, 0.1) is 6.92 Å². The SMILES string of the molecule is Cc1cccc(N2C(=O)CCCN(C(C)C)C2=O)c1. The molecule has 0 N–H and O–H groups in total. The minimum atomic E-state index is -0.205. The monoisotopic (exact) mass is 260 g/mol. The van der Waals surface area contributed by atoms with Gasteiger partial charge in [-0.1, -0.05) is 12.1 Å². The van der Waals surface area contributed by atoms with Gasteiger partial charge in [0.15, 0.2) is 0 Å². The summed E-state index contributed by atoms with van der Waals surface area (Å²) in [5.41, 5.74) is 1.71. The molecule has 0 atom stereocenters. The van der Waals surface area contributed by atoms with E-state index in [4.69, 9.17) is 0 Å². The van der Waals surface area contributed by atoms with Gasteiger partial charge in [-0.25, -0.2) is 9.69 Å². The molecule has 102 valence electrons. The van der Waals surface area contributed by atoms with Gasteiger partial charge in [0.2, 0.25) is 5.91 Å². The third-order valence-corrected chi connectivity index (χ3v) is 3.36. The highest BCUT2D eigenvalue weighted by atomic mass is 16.2. The number of carbonyl (C=O) groups excluding carboxylic acids is 2. The number of imide groups is 1. The molecule has 0 bridgehead atoms. The van der Waals surface area contributed by atoms with Gasteiger partial charge in [0.25, 0.3) is 0 Å². The number of carbonyl (C=O) groups is 2. The molecule has 1 aliphatic heterocycles. The average molecular weight is 260 g/mol. The number of amides is 3. The second-order valence-corrected chi connectivity index (χ2v) is 5.24. The first kappa shape index (κ1) is 13.6. The summed E-state index contributed by atoms with van der Waals surface area (Å²) in [6.45, 7) is 6.55. The van der Waals surface area contributed by atoms with Gasteiger partial charge in [0, 0.05) is 19.0 Å². The molecule has 1 fully saturated rings. The molecule has 1 aromatic carbocycles. The van der Waals surface area contributed by atoms with E-state index in [9.17, 15) is 9.59 Å². The number of nitrogens with zero attached hydrogens (tertiary/aromatic N) is 2. The van der Waals surface area contributed by atoms with Crippen LogP contribution in [0.3, 0.4) is 0 Å². The Kier molecular flexibility index (Phi) is 3.88. The van der Waals surface area contributed by atoms with Crippen molar-refractivity contribution in [2.45, 2.75) is 39.7 Å². The van der Waals surface area contributed by atoms with Crippen molar-refractivity contribution < 1.29 is 9.59 Å². The van der Waals surface area contributed by atoms with Crippen LogP contribution in [0.4, 0.5) is 10.5 Å². The number of rotatable bonds is 2. The molecule has 1 saturated heterocycles. The van der Waals surface area contributed by atoms with E-state index >= 15 is 0 Å². The maximum atomic E-state index is 12.5. The molecule has 4 nitrogen and oxygen atoms in total. The van der Waals surface area contributed by atoms with Gasteiger partial charge in [0.05, 0.1) is 5.69 Å². The fourth-order valence-corrected chi connectivity index (χ4v) is 2.34. The first-order valence-corrected chi connectivity index (χ1v) is 6.71. The second-order valence-electron chi connectivity index (χ2n) is 5.24. The maximum absolute atomic E-state index is 12.5.